The van der Waals surface area contributed by atoms with E-state index in [1.54, 1.807) is 0 Å². The molecule has 1 rings (SSSR count). The lowest BCUT2D eigenvalue weighted by atomic mass is 9.99. The van der Waals surface area contributed by atoms with E-state index in [1.807, 2.05) is 0 Å². The maximum atomic E-state index is 10.9. The van der Waals surface area contributed by atoms with Gasteiger partial charge in [-0.1, -0.05) is 0 Å². The van der Waals surface area contributed by atoms with Gasteiger partial charge in [-0.2, -0.15) is 0 Å². The Morgan fingerprint density at radius 3 is 2.27 bits per heavy atom. The van der Waals surface area contributed by atoms with E-state index in [1.165, 1.54) is 0 Å². The van der Waals surface area contributed by atoms with Gasteiger partial charge < -0.3 is 55.3 Å². The highest BCUT2D eigenvalue weighted by Gasteiger charge is 2.44. The van der Waals surface area contributed by atoms with Gasteiger partial charge in [-0.25, -0.2) is 0 Å². The van der Waals surface area contributed by atoms with Crippen molar-refractivity contribution in [3.8, 4) is 0 Å². The van der Waals surface area contributed by atoms with Crippen LogP contribution in [0, 0.1) is 0 Å². The Kier molecular flexibility index (Phi) is 8.95. The SMILES string of the molecule is CC(=O)N[C@@H](C=O)[C@@H](O)[C@@H](O)[C@H](O)COC1O[C@H](CO)[C@H](O)[C@H](O)[C@H]1O. The van der Waals surface area contributed by atoms with Crippen LogP contribution in [0.3, 0.4) is 0 Å². The summed E-state index contributed by atoms with van der Waals surface area (Å²) < 4.78 is 10.1. The van der Waals surface area contributed by atoms with Crippen LogP contribution in [0.4, 0.5) is 0 Å². The van der Waals surface area contributed by atoms with Gasteiger partial charge in [0.2, 0.25) is 5.91 Å². The minimum Gasteiger partial charge on any atom is -0.394 e. The van der Waals surface area contributed by atoms with Gasteiger partial charge >= 0.3 is 0 Å². The number of aldehydes is 1. The molecule has 0 bridgehead atoms. The average molecular weight is 383 g/mol. The van der Waals surface area contributed by atoms with Crippen molar-refractivity contribution in [3.63, 3.8) is 0 Å². The highest BCUT2D eigenvalue weighted by Crippen LogP contribution is 2.22. The summed E-state index contributed by atoms with van der Waals surface area (Å²) in [6.07, 6.45) is -13.0. The van der Waals surface area contributed by atoms with Crippen molar-refractivity contribution in [2.24, 2.45) is 0 Å². The summed E-state index contributed by atoms with van der Waals surface area (Å²) in [7, 11) is 0. The van der Waals surface area contributed by atoms with Crippen LogP contribution in [-0.2, 0) is 19.1 Å². The molecule has 1 heterocycles. The fraction of sp³-hybridized carbons (Fsp3) is 0.857. The summed E-state index contributed by atoms with van der Waals surface area (Å²) in [5.74, 6) is -0.639. The molecule has 0 aliphatic carbocycles. The molecule has 1 aliphatic rings. The molecule has 0 aromatic rings. The molecule has 0 aromatic heterocycles. The van der Waals surface area contributed by atoms with Crippen LogP contribution in [-0.4, -0.2) is 116 Å². The Hall–Kier alpha value is -1.22. The van der Waals surface area contributed by atoms with E-state index in [2.05, 4.69) is 5.32 Å². The summed E-state index contributed by atoms with van der Waals surface area (Å²) >= 11 is 0. The lowest BCUT2D eigenvalue weighted by molar-refractivity contribution is -0.306. The number of carbonyl (C=O) groups is 2. The third kappa shape index (κ3) is 5.64. The van der Waals surface area contributed by atoms with Gasteiger partial charge in [0, 0.05) is 6.92 Å². The van der Waals surface area contributed by atoms with Gasteiger partial charge in [0.1, 0.15) is 55.1 Å². The van der Waals surface area contributed by atoms with Crippen LogP contribution in [0.25, 0.3) is 0 Å². The van der Waals surface area contributed by atoms with Gasteiger partial charge in [0.05, 0.1) is 13.2 Å². The van der Waals surface area contributed by atoms with Gasteiger partial charge in [-0.05, 0) is 0 Å². The minimum absolute atomic E-state index is 0.181. The monoisotopic (exact) mass is 383 g/mol. The topological polar surface area (TPSA) is 206 Å². The van der Waals surface area contributed by atoms with Crippen LogP contribution in [0.2, 0.25) is 0 Å². The number of hydrogen-bond donors (Lipinski definition) is 8. The number of ether oxygens (including phenoxy) is 2. The zero-order valence-corrected chi connectivity index (χ0v) is 14.0. The lowest BCUT2D eigenvalue weighted by Crippen LogP contribution is -2.59. The predicted octanol–water partition coefficient (Wildman–Crippen LogP) is -5.41. The zero-order valence-electron chi connectivity index (χ0n) is 14.0. The Bertz CT molecular complexity index is 462. The maximum Gasteiger partial charge on any atom is 0.217 e. The Morgan fingerprint density at radius 1 is 1.15 bits per heavy atom. The molecule has 12 nitrogen and oxygen atoms in total. The van der Waals surface area contributed by atoms with Crippen LogP contribution < -0.4 is 5.32 Å². The summed E-state index contributed by atoms with van der Waals surface area (Å²) in [5.41, 5.74) is 0. The molecule has 0 saturated carbocycles. The van der Waals surface area contributed by atoms with Gasteiger partial charge in [0.15, 0.2) is 6.29 Å². The van der Waals surface area contributed by atoms with Crippen molar-refractivity contribution >= 4 is 12.2 Å². The molecular weight excluding hydrogens is 358 g/mol. The molecule has 26 heavy (non-hydrogen) atoms. The zero-order chi connectivity index (χ0) is 20.0. The van der Waals surface area contributed by atoms with E-state index in [0.717, 1.165) is 6.92 Å². The number of nitrogens with one attached hydrogen (secondary N) is 1. The smallest absolute Gasteiger partial charge is 0.217 e. The Balaban J connectivity index is 2.62. The quantitative estimate of drug-likeness (QED) is 0.176. The van der Waals surface area contributed by atoms with Crippen molar-refractivity contribution < 1.29 is 54.8 Å². The van der Waals surface area contributed by atoms with Gasteiger partial charge in [-0.3, -0.25) is 4.79 Å². The first-order valence-electron chi connectivity index (χ1n) is 7.82. The predicted molar refractivity (Wildman–Crippen MR) is 81.4 cm³/mol. The first kappa shape index (κ1) is 22.8. The van der Waals surface area contributed by atoms with E-state index >= 15 is 0 Å². The summed E-state index contributed by atoms with van der Waals surface area (Å²) in [6, 6.07) is -1.47. The van der Waals surface area contributed by atoms with Gasteiger partial charge in [-0.15, -0.1) is 0 Å². The molecule has 1 aliphatic heterocycles. The molecule has 0 aromatic carbocycles. The molecule has 1 unspecified atom stereocenters. The largest absolute Gasteiger partial charge is 0.394 e. The van der Waals surface area contributed by atoms with Crippen LogP contribution in [0.15, 0.2) is 0 Å². The second-order valence-corrected chi connectivity index (χ2v) is 5.94. The first-order valence-corrected chi connectivity index (χ1v) is 7.82. The molecule has 9 atom stereocenters. The summed E-state index contributed by atoms with van der Waals surface area (Å²) in [5, 5.41) is 69.7. The Labute approximate surface area is 148 Å². The van der Waals surface area contributed by atoms with Crippen molar-refractivity contribution in [2.45, 2.75) is 62.0 Å². The van der Waals surface area contributed by atoms with Gasteiger partial charge in [0.25, 0.3) is 0 Å². The number of carbonyl (C=O) groups excluding carboxylic acids is 2. The van der Waals surface area contributed by atoms with Crippen molar-refractivity contribution in [1.82, 2.24) is 5.32 Å². The van der Waals surface area contributed by atoms with Crippen LogP contribution >= 0.6 is 0 Å². The summed E-state index contributed by atoms with van der Waals surface area (Å²) in [6.45, 7) is -0.284. The Morgan fingerprint density at radius 2 is 1.77 bits per heavy atom. The number of aliphatic hydroxyl groups excluding tert-OH is 7. The third-order valence-electron chi connectivity index (χ3n) is 3.91. The number of hydrogen-bond acceptors (Lipinski definition) is 11. The van der Waals surface area contributed by atoms with E-state index < -0.39 is 74.2 Å². The van der Waals surface area contributed by atoms with E-state index in [0.29, 0.717) is 0 Å². The second-order valence-electron chi connectivity index (χ2n) is 5.94. The van der Waals surface area contributed by atoms with E-state index in [-0.39, 0.29) is 6.29 Å². The van der Waals surface area contributed by atoms with Crippen LogP contribution in [0.1, 0.15) is 6.92 Å². The molecule has 0 radical (unpaired) electrons. The molecule has 152 valence electrons. The average Bonchev–Trinajstić information content (AvgIpc) is 2.61. The van der Waals surface area contributed by atoms with Crippen molar-refractivity contribution in [2.75, 3.05) is 13.2 Å². The lowest BCUT2D eigenvalue weighted by Gasteiger charge is -2.40. The molecule has 8 N–H and O–H groups in total. The fourth-order valence-corrected chi connectivity index (χ4v) is 2.37. The van der Waals surface area contributed by atoms with Crippen LogP contribution in [0.5, 0.6) is 0 Å². The van der Waals surface area contributed by atoms with E-state index in [9.17, 15) is 40.2 Å². The highest BCUT2D eigenvalue weighted by molar-refractivity contribution is 5.77. The molecule has 1 amide bonds. The normalized spacial score (nSPS) is 33.8. The second kappa shape index (κ2) is 10.2. The number of amides is 1. The first-order chi connectivity index (χ1) is 12.1. The maximum absolute atomic E-state index is 10.9. The van der Waals surface area contributed by atoms with Crippen molar-refractivity contribution in [1.29, 1.82) is 0 Å². The number of rotatable bonds is 9. The molecule has 0 spiro atoms. The fourth-order valence-electron chi connectivity index (χ4n) is 2.37. The number of aliphatic hydroxyl groups is 7. The molecular formula is C14H25NO11. The molecule has 12 heteroatoms. The van der Waals surface area contributed by atoms with E-state index in [4.69, 9.17) is 14.6 Å². The summed E-state index contributed by atoms with van der Waals surface area (Å²) in [4.78, 5) is 21.8. The third-order valence-corrected chi connectivity index (χ3v) is 3.91. The van der Waals surface area contributed by atoms with Crippen molar-refractivity contribution in [3.05, 3.63) is 0 Å². The molecule has 1 fully saturated rings. The molecule has 1 saturated heterocycles. The standard InChI is InChI=1S/C14H25NO11/c1-5(18)15-6(2-16)9(20)10(21)7(19)4-25-14-13(24)12(23)11(22)8(3-17)26-14/h2,6-14,17,19-24H,3-4H2,1H3,(H,15,18)/t6-,7+,8+,9+,10-,11-,12-,13+,14?/m0/s1. The highest BCUT2D eigenvalue weighted by atomic mass is 16.7. The minimum atomic E-state index is -1.90.